The molecule has 4 aromatic rings. The molecule has 0 aliphatic carbocycles. The van der Waals surface area contributed by atoms with Crippen LogP contribution in [0.2, 0.25) is 0 Å². The van der Waals surface area contributed by atoms with E-state index in [0.29, 0.717) is 16.6 Å². The first-order valence-corrected chi connectivity index (χ1v) is 8.89. The van der Waals surface area contributed by atoms with Crippen molar-refractivity contribution in [2.45, 2.75) is 0 Å². The molecule has 0 saturated heterocycles. The Morgan fingerprint density at radius 2 is 2.14 bits per heavy atom. The molecule has 9 nitrogen and oxygen atoms in total. The zero-order valence-electron chi connectivity index (χ0n) is 14.5. The van der Waals surface area contributed by atoms with Gasteiger partial charge in [0.25, 0.3) is 11.6 Å². The second-order valence-corrected chi connectivity index (χ2v) is 6.77. The van der Waals surface area contributed by atoms with Gasteiger partial charge in [0.2, 0.25) is 0 Å². The number of nitro groups is 1. The van der Waals surface area contributed by atoms with Gasteiger partial charge in [0.05, 0.1) is 28.6 Å². The van der Waals surface area contributed by atoms with Crippen LogP contribution in [0.4, 0.5) is 10.8 Å². The number of nitrogens with one attached hydrogen (secondary N) is 1. The van der Waals surface area contributed by atoms with Crippen LogP contribution in [-0.2, 0) is 0 Å². The fraction of sp³-hybridized carbons (Fsp3) is 0.0556. The molecule has 2 heterocycles. The molecule has 0 saturated carbocycles. The second-order valence-electron chi connectivity index (χ2n) is 5.74. The highest BCUT2D eigenvalue weighted by Crippen LogP contribution is 2.30. The van der Waals surface area contributed by atoms with Crippen LogP contribution in [0, 0.1) is 10.1 Å². The summed E-state index contributed by atoms with van der Waals surface area (Å²) < 4.78 is 7.55. The number of hydrogen-bond donors (Lipinski definition) is 1. The minimum atomic E-state index is -0.532. The molecular formula is C18H13N5O4S. The van der Waals surface area contributed by atoms with Crippen molar-refractivity contribution in [3.05, 3.63) is 70.8 Å². The summed E-state index contributed by atoms with van der Waals surface area (Å²) in [7, 11) is 1.57. The summed E-state index contributed by atoms with van der Waals surface area (Å²) in [5.74, 6) is 0.214. The van der Waals surface area contributed by atoms with Crippen molar-refractivity contribution in [3.63, 3.8) is 0 Å². The van der Waals surface area contributed by atoms with Gasteiger partial charge < -0.3 is 9.30 Å². The van der Waals surface area contributed by atoms with Crippen molar-refractivity contribution in [1.29, 1.82) is 0 Å². The van der Waals surface area contributed by atoms with E-state index in [-0.39, 0.29) is 11.3 Å². The summed E-state index contributed by atoms with van der Waals surface area (Å²) in [6, 6.07) is 9.68. The van der Waals surface area contributed by atoms with Crippen LogP contribution in [0.3, 0.4) is 0 Å². The van der Waals surface area contributed by atoms with E-state index < -0.39 is 10.8 Å². The van der Waals surface area contributed by atoms with Gasteiger partial charge in [-0.25, -0.2) is 9.97 Å². The number of aromatic nitrogens is 3. The number of methoxy groups -OCH3 is 1. The number of imidazole rings is 1. The minimum Gasteiger partial charge on any atom is -0.497 e. The lowest BCUT2D eigenvalue weighted by atomic mass is 10.1. The number of carbonyl (C=O) groups excluding carboxylic acids is 1. The fourth-order valence-corrected chi connectivity index (χ4v) is 3.57. The fourth-order valence-electron chi connectivity index (χ4n) is 2.69. The molecule has 0 fully saturated rings. The Hall–Kier alpha value is -3.79. The number of ether oxygens (including phenoxy) is 1. The Bertz CT molecular complexity index is 1190. The molecule has 0 spiro atoms. The van der Waals surface area contributed by atoms with E-state index in [2.05, 4.69) is 15.3 Å². The molecule has 0 radical (unpaired) electrons. The van der Waals surface area contributed by atoms with Gasteiger partial charge in [-0.1, -0.05) is 11.3 Å². The van der Waals surface area contributed by atoms with Gasteiger partial charge in [0, 0.05) is 24.0 Å². The van der Waals surface area contributed by atoms with Crippen LogP contribution in [0.5, 0.6) is 5.75 Å². The monoisotopic (exact) mass is 395 g/mol. The predicted octanol–water partition coefficient (Wildman–Crippen LogP) is 3.65. The lowest BCUT2D eigenvalue weighted by Gasteiger charge is -2.06. The molecule has 0 aliphatic rings. The first-order chi connectivity index (χ1) is 13.5. The Balaban J connectivity index is 1.63. The second kappa shape index (κ2) is 7.08. The maximum absolute atomic E-state index is 12.6. The van der Waals surface area contributed by atoms with Gasteiger partial charge in [0.15, 0.2) is 5.13 Å². The topological polar surface area (TPSA) is 112 Å². The summed E-state index contributed by atoms with van der Waals surface area (Å²) in [5, 5.41) is 14.5. The van der Waals surface area contributed by atoms with Gasteiger partial charge in [-0.3, -0.25) is 20.2 Å². The van der Waals surface area contributed by atoms with Gasteiger partial charge >= 0.3 is 0 Å². The van der Waals surface area contributed by atoms with E-state index in [4.69, 9.17) is 4.74 Å². The maximum atomic E-state index is 12.6. The highest BCUT2D eigenvalue weighted by Gasteiger charge is 2.19. The molecule has 0 atom stereocenters. The Morgan fingerprint density at radius 1 is 1.29 bits per heavy atom. The Kier molecular flexibility index (Phi) is 4.45. The van der Waals surface area contributed by atoms with Crippen LogP contribution in [0.1, 0.15) is 10.4 Å². The number of rotatable bonds is 5. The van der Waals surface area contributed by atoms with Gasteiger partial charge in [0.1, 0.15) is 11.4 Å². The van der Waals surface area contributed by atoms with Crippen LogP contribution < -0.4 is 10.1 Å². The number of benzene rings is 2. The molecule has 4 rings (SSSR count). The molecule has 1 amide bonds. The molecule has 2 aromatic carbocycles. The van der Waals surface area contributed by atoms with Crippen LogP contribution in [-0.4, -0.2) is 32.5 Å². The van der Waals surface area contributed by atoms with Gasteiger partial charge in [-0.2, -0.15) is 0 Å². The average molecular weight is 395 g/mol. The quantitative estimate of drug-likeness (QED) is 0.408. The van der Waals surface area contributed by atoms with Crippen LogP contribution >= 0.6 is 11.3 Å². The summed E-state index contributed by atoms with van der Waals surface area (Å²) in [6.45, 7) is 0. The number of fused-ring (bicyclic) bond motifs is 1. The number of hydrogen-bond acceptors (Lipinski definition) is 7. The minimum absolute atomic E-state index is 0.160. The maximum Gasteiger partial charge on any atom is 0.294 e. The van der Waals surface area contributed by atoms with E-state index in [9.17, 15) is 14.9 Å². The molecule has 1 N–H and O–H groups in total. The van der Waals surface area contributed by atoms with E-state index in [1.165, 1.54) is 46.6 Å². The molecule has 10 heteroatoms. The predicted molar refractivity (Wildman–Crippen MR) is 104 cm³/mol. The molecular weight excluding hydrogens is 382 g/mol. The number of amides is 1. The highest BCUT2D eigenvalue weighted by atomic mass is 32.1. The number of nitro benzene ring substituents is 1. The summed E-state index contributed by atoms with van der Waals surface area (Å²) in [6.07, 6.45) is 4.57. The number of thiazole rings is 1. The standard InChI is InChI=1S/C18H13N5O4S/c1-27-12-3-4-13-16(9-12)28-18(20-13)21-17(24)11-2-5-14(15(8-11)23(25)26)22-7-6-19-10-22/h2-10H,1H3,(H,20,21,24). The molecule has 0 unspecified atom stereocenters. The van der Waals surface area contributed by atoms with Crippen molar-refractivity contribution in [1.82, 2.24) is 14.5 Å². The van der Waals surface area contributed by atoms with Crippen molar-refractivity contribution >= 4 is 38.3 Å². The third-order valence-corrected chi connectivity index (χ3v) is 4.97. The van der Waals surface area contributed by atoms with Crippen molar-refractivity contribution in [2.24, 2.45) is 0 Å². The van der Waals surface area contributed by atoms with E-state index in [1.54, 1.807) is 25.4 Å². The molecule has 140 valence electrons. The van der Waals surface area contributed by atoms with E-state index in [0.717, 1.165) is 10.2 Å². The average Bonchev–Trinajstić information content (AvgIpc) is 3.36. The SMILES string of the molecule is COc1ccc2nc(NC(=O)c3ccc(-n4ccnc4)c([N+](=O)[O-])c3)sc2c1. The van der Waals surface area contributed by atoms with Gasteiger partial charge in [-0.05, 0) is 30.3 Å². The van der Waals surface area contributed by atoms with E-state index in [1.807, 2.05) is 6.07 Å². The number of nitrogens with zero attached hydrogens (tertiary/aromatic N) is 4. The molecule has 2 aromatic heterocycles. The van der Waals surface area contributed by atoms with Crippen molar-refractivity contribution < 1.29 is 14.5 Å². The number of anilines is 1. The van der Waals surface area contributed by atoms with Gasteiger partial charge in [-0.15, -0.1) is 0 Å². The largest absolute Gasteiger partial charge is 0.497 e. The first kappa shape index (κ1) is 17.6. The molecule has 0 bridgehead atoms. The normalized spacial score (nSPS) is 10.8. The first-order valence-electron chi connectivity index (χ1n) is 8.08. The third kappa shape index (κ3) is 3.28. The summed E-state index contributed by atoms with van der Waals surface area (Å²) in [5.41, 5.74) is 1.01. The van der Waals surface area contributed by atoms with Crippen LogP contribution in [0.15, 0.2) is 55.1 Å². The Morgan fingerprint density at radius 3 is 2.86 bits per heavy atom. The summed E-state index contributed by atoms with van der Waals surface area (Å²) in [4.78, 5) is 31.7. The van der Waals surface area contributed by atoms with Crippen molar-refractivity contribution in [2.75, 3.05) is 12.4 Å². The number of carbonyl (C=O) groups is 1. The molecule has 0 aliphatic heterocycles. The third-order valence-electron chi connectivity index (χ3n) is 4.03. The highest BCUT2D eigenvalue weighted by molar-refractivity contribution is 7.22. The lowest BCUT2D eigenvalue weighted by molar-refractivity contribution is -0.384. The molecule has 28 heavy (non-hydrogen) atoms. The zero-order valence-corrected chi connectivity index (χ0v) is 15.3. The summed E-state index contributed by atoms with van der Waals surface area (Å²) >= 11 is 1.29. The Labute approximate surface area is 162 Å². The zero-order chi connectivity index (χ0) is 19.7. The van der Waals surface area contributed by atoms with E-state index >= 15 is 0 Å². The van der Waals surface area contributed by atoms with Crippen LogP contribution in [0.25, 0.3) is 15.9 Å². The van der Waals surface area contributed by atoms with Crippen molar-refractivity contribution in [3.8, 4) is 11.4 Å². The smallest absolute Gasteiger partial charge is 0.294 e. The lowest BCUT2D eigenvalue weighted by Crippen LogP contribution is -2.12.